The first-order chi connectivity index (χ1) is 10.1. The zero-order chi connectivity index (χ0) is 15.4. The summed E-state index contributed by atoms with van der Waals surface area (Å²) in [6.45, 7) is 4.50. The number of methoxy groups -OCH3 is 1. The van der Waals surface area contributed by atoms with Crippen molar-refractivity contribution in [1.29, 1.82) is 0 Å². The van der Waals surface area contributed by atoms with E-state index in [1.54, 1.807) is 7.11 Å². The lowest BCUT2D eigenvalue weighted by Crippen LogP contribution is -2.23. The van der Waals surface area contributed by atoms with E-state index in [-0.39, 0.29) is 0 Å². The summed E-state index contributed by atoms with van der Waals surface area (Å²) in [4.78, 5) is 0. The molecule has 0 radical (unpaired) electrons. The normalized spacial score (nSPS) is 12.2. The van der Waals surface area contributed by atoms with Gasteiger partial charge in [0.1, 0.15) is 17.4 Å². The lowest BCUT2D eigenvalue weighted by atomic mass is 9.96. The van der Waals surface area contributed by atoms with Gasteiger partial charge in [-0.15, -0.1) is 0 Å². The van der Waals surface area contributed by atoms with E-state index in [9.17, 15) is 8.78 Å². The number of rotatable bonds is 5. The zero-order valence-electron chi connectivity index (χ0n) is 12.4. The Balaban J connectivity index is 2.48. The lowest BCUT2D eigenvalue weighted by Gasteiger charge is -2.20. The van der Waals surface area contributed by atoms with Crippen LogP contribution in [-0.4, -0.2) is 13.7 Å². The van der Waals surface area contributed by atoms with Crippen LogP contribution in [0.3, 0.4) is 0 Å². The first-order valence-electron chi connectivity index (χ1n) is 6.89. The predicted octanol–water partition coefficient (Wildman–Crippen LogP) is 3.98. The molecular weight excluding hydrogens is 272 g/mol. The highest BCUT2D eigenvalue weighted by Crippen LogP contribution is 2.28. The summed E-state index contributed by atoms with van der Waals surface area (Å²) in [6, 6.07) is 8.76. The Kier molecular flexibility index (Phi) is 4.91. The highest BCUT2D eigenvalue weighted by atomic mass is 19.1. The van der Waals surface area contributed by atoms with Crippen LogP contribution in [0.5, 0.6) is 5.75 Å². The van der Waals surface area contributed by atoms with Crippen molar-refractivity contribution in [3.05, 3.63) is 64.7 Å². The molecule has 0 saturated carbocycles. The van der Waals surface area contributed by atoms with Gasteiger partial charge in [-0.1, -0.05) is 19.1 Å². The fourth-order valence-electron chi connectivity index (χ4n) is 2.43. The predicted molar refractivity (Wildman–Crippen MR) is 79.6 cm³/mol. The van der Waals surface area contributed by atoms with Gasteiger partial charge in [0.25, 0.3) is 0 Å². The maximum atomic E-state index is 14.0. The van der Waals surface area contributed by atoms with Crippen LogP contribution in [0.2, 0.25) is 0 Å². The van der Waals surface area contributed by atoms with Gasteiger partial charge in [0.05, 0.1) is 13.2 Å². The Morgan fingerprint density at radius 2 is 1.90 bits per heavy atom. The molecule has 1 atom stereocenters. The lowest BCUT2D eigenvalue weighted by molar-refractivity contribution is 0.411. The molecule has 2 nitrogen and oxygen atoms in total. The van der Waals surface area contributed by atoms with E-state index in [0.717, 1.165) is 29.0 Å². The highest BCUT2D eigenvalue weighted by Gasteiger charge is 2.18. The maximum absolute atomic E-state index is 14.0. The number of benzene rings is 2. The second-order valence-corrected chi connectivity index (χ2v) is 4.89. The summed E-state index contributed by atoms with van der Waals surface area (Å²) < 4.78 is 32.7. The maximum Gasteiger partial charge on any atom is 0.128 e. The molecule has 0 bridgehead atoms. The van der Waals surface area contributed by atoms with Gasteiger partial charge >= 0.3 is 0 Å². The van der Waals surface area contributed by atoms with E-state index >= 15 is 0 Å². The van der Waals surface area contributed by atoms with Crippen molar-refractivity contribution in [1.82, 2.24) is 5.32 Å². The van der Waals surface area contributed by atoms with Gasteiger partial charge in [-0.25, -0.2) is 8.78 Å². The molecule has 2 aromatic rings. The molecule has 2 aromatic carbocycles. The molecule has 0 fully saturated rings. The summed E-state index contributed by atoms with van der Waals surface area (Å²) >= 11 is 0. The number of aryl methyl sites for hydroxylation is 1. The van der Waals surface area contributed by atoms with Crippen molar-refractivity contribution in [3.63, 3.8) is 0 Å². The molecule has 1 unspecified atom stereocenters. The standard InChI is InChI=1S/C17H19F2NO/c1-4-20-17(14-10-13(18)6-7-15(14)19)12-5-8-16(21-3)11(2)9-12/h5-10,17,20H,4H2,1-3H3. The topological polar surface area (TPSA) is 21.3 Å². The molecule has 4 heteroatoms. The van der Waals surface area contributed by atoms with Crippen LogP contribution >= 0.6 is 0 Å². The molecule has 0 heterocycles. The first kappa shape index (κ1) is 15.4. The van der Waals surface area contributed by atoms with Gasteiger partial charge in [0.15, 0.2) is 0 Å². The SMILES string of the molecule is CCNC(c1ccc(OC)c(C)c1)c1cc(F)ccc1F. The van der Waals surface area contributed by atoms with Crippen molar-refractivity contribution in [3.8, 4) is 5.75 Å². The average Bonchev–Trinajstić information content (AvgIpc) is 2.47. The Hall–Kier alpha value is -1.94. The third-order valence-electron chi connectivity index (χ3n) is 3.43. The Bertz CT molecular complexity index is 628. The van der Waals surface area contributed by atoms with Crippen LogP contribution in [0.25, 0.3) is 0 Å². The van der Waals surface area contributed by atoms with E-state index in [2.05, 4.69) is 5.32 Å². The van der Waals surface area contributed by atoms with Crippen LogP contribution < -0.4 is 10.1 Å². The molecular formula is C17H19F2NO. The molecule has 0 aliphatic rings. The van der Waals surface area contributed by atoms with E-state index in [1.165, 1.54) is 6.07 Å². The molecule has 0 saturated heterocycles. The fourth-order valence-corrected chi connectivity index (χ4v) is 2.43. The summed E-state index contributed by atoms with van der Waals surface area (Å²) in [6.07, 6.45) is 0. The van der Waals surface area contributed by atoms with Gasteiger partial charge in [0.2, 0.25) is 0 Å². The molecule has 0 aromatic heterocycles. The number of ether oxygens (including phenoxy) is 1. The van der Waals surface area contributed by atoms with Crippen molar-refractivity contribution >= 4 is 0 Å². The van der Waals surface area contributed by atoms with Crippen molar-refractivity contribution < 1.29 is 13.5 Å². The third-order valence-corrected chi connectivity index (χ3v) is 3.43. The third kappa shape index (κ3) is 3.39. The van der Waals surface area contributed by atoms with Gasteiger partial charge in [-0.2, -0.15) is 0 Å². The minimum Gasteiger partial charge on any atom is -0.496 e. The van der Waals surface area contributed by atoms with Crippen LogP contribution in [0.15, 0.2) is 36.4 Å². The number of nitrogens with one attached hydrogen (secondary N) is 1. The second-order valence-electron chi connectivity index (χ2n) is 4.89. The minimum absolute atomic E-state index is 0.307. The van der Waals surface area contributed by atoms with Crippen LogP contribution in [0.1, 0.15) is 29.7 Å². The van der Waals surface area contributed by atoms with Crippen molar-refractivity contribution in [2.75, 3.05) is 13.7 Å². The molecule has 1 N–H and O–H groups in total. The molecule has 0 aliphatic carbocycles. The summed E-state index contributed by atoms with van der Waals surface area (Å²) in [5.41, 5.74) is 2.13. The molecule has 21 heavy (non-hydrogen) atoms. The number of halogens is 2. The van der Waals surface area contributed by atoms with E-state index < -0.39 is 17.7 Å². The smallest absolute Gasteiger partial charge is 0.128 e. The quantitative estimate of drug-likeness (QED) is 0.899. The Morgan fingerprint density at radius 3 is 2.52 bits per heavy atom. The first-order valence-corrected chi connectivity index (χ1v) is 6.89. The van der Waals surface area contributed by atoms with Crippen molar-refractivity contribution in [2.45, 2.75) is 19.9 Å². The average molecular weight is 291 g/mol. The van der Waals surface area contributed by atoms with E-state index in [4.69, 9.17) is 4.74 Å². The highest BCUT2D eigenvalue weighted by molar-refractivity contribution is 5.41. The largest absolute Gasteiger partial charge is 0.496 e. The van der Waals surface area contributed by atoms with Crippen molar-refractivity contribution in [2.24, 2.45) is 0 Å². The van der Waals surface area contributed by atoms with Gasteiger partial charge < -0.3 is 10.1 Å². The molecule has 2 rings (SSSR count). The van der Waals surface area contributed by atoms with Gasteiger partial charge in [0, 0.05) is 5.56 Å². The monoisotopic (exact) mass is 291 g/mol. The van der Waals surface area contributed by atoms with Crippen LogP contribution in [-0.2, 0) is 0 Å². The number of hydrogen-bond donors (Lipinski definition) is 1. The molecule has 0 aliphatic heterocycles. The number of hydrogen-bond acceptors (Lipinski definition) is 2. The van der Waals surface area contributed by atoms with E-state index in [0.29, 0.717) is 12.1 Å². The van der Waals surface area contributed by atoms with Crippen LogP contribution in [0, 0.1) is 18.6 Å². The van der Waals surface area contributed by atoms with Crippen LogP contribution in [0.4, 0.5) is 8.78 Å². The Labute approximate surface area is 123 Å². The fraction of sp³-hybridized carbons (Fsp3) is 0.294. The zero-order valence-corrected chi connectivity index (χ0v) is 12.4. The van der Waals surface area contributed by atoms with Gasteiger partial charge in [-0.3, -0.25) is 0 Å². The molecule has 112 valence electrons. The summed E-state index contributed by atoms with van der Waals surface area (Å²) in [5.74, 6) is -0.0935. The Morgan fingerprint density at radius 1 is 1.14 bits per heavy atom. The van der Waals surface area contributed by atoms with E-state index in [1.807, 2.05) is 32.0 Å². The second kappa shape index (κ2) is 6.68. The molecule has 0 spiro atoms. The minimum atomic E-state index is -0.445. The molecule has 0 amide bonds. The summed E-state index contributed by atoms with van der Waals surface area (Å²) in [7, 11) is 1.61. The van der Waals surface area contributed by atoms with Gasteiger partial charge in [-0.05, 0) is 48.9 Å². The summed E-state index contributed by atoms with van der Waals surface area (Å²) in [5, 5.41) is 3.20.